The number of benzene rings is 2. The van der Waals surface area contributed by atoms with Gasteiger partial charge in [0.05, 0.1) is 26.3 Å². The molecule has 2 aromatic carbocycles. The van der Waals surface area contributed by atoms with E-state index in [1.807, 2.05) is 0 Å². The Morgan fingerprint density at radius 1 is 1.00 bits per heavy atom. The number of carbonyl (C=O) groups is 3. The van der Waals surface area contributed by atoms with Crippen molar-refractivity contribution in [1.82, 2.24) is 10.4 Å². The van der Waals surface area contributed by atoms with Crippen molar-refractivity contribution in [3.05, 3.63) is 71.1 Å². The van der Waals surface area contributed by atoms with E-state index < -0.39 is 23.8 Å². The van der Waals surface area contributed by atoms with Crippen LogP contribution < -0.4 is 25.1 Å². The number of furan rings is 1. The van der Waals surface area contributed by atoms with Gasteiger partial charge >= 0.3 is 5.91 Å². The van der Waals surface area contributed by atoms with Gasteiger partial charge in [0, 0.05) is 5.69 Å². The molecule has 2 heterocycles. The summed E-state index contributed by atoms with van der Waals surface area (Å²) in [7, 11) is 3.07. The summed E-state index contributed by atoms with van der Waals surface area (Å²) in [4.78, 5) is 40.4. The van der Waals surface area contributed by atoms with Crippen LogP contribution in [-0.2, 0) is 9.59 Å². The fourth-order valence-corrected chi connectivity index (χ4v) is 4.21. The highest BCUT2D eigenvalue weighted by molar-refractivity contribution is 9.10. The Balaban J connectivity index is 1.58. The van der Waals surface area contributed by atoms with Gasteiger partial charge in [-0.05, 0) is 88.8 Å². The molecule has 4 rings (SSSR count). The monoisotopic (exact) mass is 572 g/mol. The lowest BCUT2D eigenvalue weighted by molar-refractivity contribution is -0.124. The second-order valence-corrected chi connectivity index (χ2v) is 8.71. The van der Waals surface area contributed by atoms with Gasteiger partial charge in [-0.15, -0.1) is 0 Å². The van der Waals surface area contributed by atoms with Crippen LogP contribution in [-0.4, -0.2) is 48.1 Å². The molecule has 2 N–H and O–H groups in total. The highest BCUT2D eigenvalue weighted by Crippen LogP contribution is 2.28. The first kappa shape index (κ1) is 25.2. The van der Waals surface area contributed by atoms with Crippen LogP contribution in [0, 0.1) is 0 Å². The molecular weight excluding hydrogens is 552 g/mol. The second kappa shape index (κ2) is 10.8. The van der Waals surface area contributed by atoms with Crippen LogP contribution in [0.1, 0.15) is 17.0 Å². The Morgan fingerprint density at radius 3 is 2.17 bits per heavy atom. The van der Waals surface area contributed by atoms with Crippen LogP contribution in [0.2, 0.25) is 0 Å². The van der Waals surface area contributed by atoms with E-state index in [9.17, 15) is 14.4 Å². The first-order valence-corrected chi connectivity index (χ1v) is 11.8. The van der Waals surface area contributed by atoms with Crippen molar-refractivity contribution in [1.29, 1.82) is 0 Å². The third-order valence-electron chi connectivity index (χ3n) is 5.32. The lowest BCUT2D eigenvalue weighted by Crippen LogP contribution is -2.49. The molecule has 1 aliphatic heterocycles. The molecule has 1 atom stereocenters. The summed E-state index contributed by atoms with van der Waals surface area (Å²) in [6, 6.07) is 15.4. The van der Waals surface area contributed by atoms with Gasteiger partial charge in [0.25, 0.3) is 5.91 Å². The molecule has 186 valence electrons. The molecule has 0 saturated carbocycles. The minimum atomic E-state index is -1.10. The summed E-state index contributed by atoms with van der Waals surface area (Å²) in [5, 5.41) is 3.95. The standard InChI is InChI=1S/C24H21BrN4O6S/c1-33-16-7-3-14(4-8-16)26-21(30)13-18-23(32)28(15-5-9-17(34-2)10-6-15)24(36)29(18)27-22(31)19-11-12-20(25)35-19/h3-12,18H,13H2,1-2H3,(H,26,30)(H,27,31). The number of nitrogens with zero attached hydrogens (tertiary/aromatic N) is 2. The zero-order chi connectivity index (χ0) is 25.8. The normalized spacial score (nSPS) is 15.1. The van der Waals surface area contributed by atoms with Gasteiger partial charge in [-0.2, -0.15) is 0 Å². The lowest BCUT2D eigenvalue weighted by Gasteiger charge is -2.23. The summed E-state index contributed by atoms with van der Waals surface area (Å²) < 4.78 is 16.0. The summed E-state index contributed by atoms with van der Waals surface area (Å²) in [5.74, 6) is -0.318. The number of methoxy groups -OCH3 is 2. The quantitative estimate of drug-likeness (QED) is 0.392. The fourth-order valence-electron chi connectivity index (χ4n) is 3.53. The summed E-state index contributed by atoms with van der Waals surface area (Å²) in [6.45, 7) is 0. The number of halogens is 1. The molecule has 0 aliphatic carbocycles. The Hall–Kier alpha value is -3.90. The van der Waals surface area contributed by atoms with Gasteiger partial charge in [-0.3, -0.25) is 24.7 Å². The smallest absolute Gasteiger partial charge is 0.305 e. The van der Waals surface area contributed by atoms with E-state index in [0.717, 1.165) is 0 Å². The Morgan fingerprint density at radius 2 is 1.61 bits per heavy atom. The number of anilines is 2. The van der Waals surface area contributed by atoms with E-state index in [2.05, 4.69) is 26.7 Å². The van der Waals surface area contributed by atoms with Crippen molar-refractivity contribution in [2.75, 3.05) is 24.4 Å². The van der Waals surface area contributed by atoms with Crippen molar-refractivity contribution >= 4 is 62.4 Å². The topological polar surface area (TPSA) is 113 Å². The molecule has 0 bridgehead atoms. The van der Waals surface area contributed by atoms with E-state index >= 15 is 0 Å². The molecule has 36 heavy (non-hydrogen) atoms. The fraction of sp³-hybridized carbons (Fsp3) is 0.167. The number of amides is 3. The van der Waals surface area contributed by atoms with Crippen molar-refractivity contribution in [2.45, 2.75) is 12.5 Å². The average molecular weight is 573 g/mol. The lowest BCUT2D eigenvalue weighted by atomic mass is 10.1. The van der Waals surface area contributed by atoms with Crippen LogP contribution in [0.5, 0.6) is 11.5 Å². The van der Waals surface area contributed by atoms with Gasteiger partial charge in [0.15, 0.2) is 10.4 Å². The molecule has 12 heteroatoms. The first-order chi connectivity index (χ1) is 17.3. The zero-order valence-corrected chi connectivity index (χ0v) is 21.6. The number of hydrogen-bond donors (Lipinski definition) is 2. The molecule has 1 aliphatic rings. The zero-order valence-electron chi connectivity index (χ0n) is 19.2. The maximum absolute atomic E-state index is 13.5. The molecule has 3 aromatic rings. The number of rotatable bonds is 8. The van der Waals surface area contributed by atoms with E-state index in [-0.39, 0.29) is 17.3 Å². The third kappa shape index (κ3) is 5.34. The highest BCUT2D eigenvalue weighted by Gasteiger charge is 2.45. The molecule has 10 nitrogen and oxygen atoms in total. The molecule has 0 spiro atoms. The predicted molar refractivity (Wildman–Crippen MR) is 139 cm³/mol. The summed E-state index contributed by atoms with van der Waals surface area (Å²) in [6.07, 6.45) is -0.278. The Kier molecular flexibility index (Phi) is 7.55. The number of carbonyl (C=O) groups excluding carboxylic acids is 3. The molecule has 1 aromatic heterocycles. The average Bonchev–Trinajstić information content (AvgIpc) is 3.41. The van der Waals surface area contributed by atoms with Gasteiger partial charge in [-0.1, -0.05) is 0 Å². The molecule has 1 unspecified atom stereocenters. The maximum Gasteiger partial charge on any atom is 0.305 e. The van der Waals surface area contributed by atoms with E-state index in [1.54, 1.807) is 61.7 Å². The number of thiocarbonyl (C=S) groups is 1. The molecule has 1 saturated heterocycles. The van der Waals surface area contributed by atoms with Crippen LogP contribution in [0.3, 0.4) is 0 Å². The number of hydrazine groups is 1. The van der Waals surface area contributed by atoms with E-state index in [4.69, 9.17) is 26.1 Å². The van der Waals surface area contributed by atoms with Crippen LogP contribution in [0.25, 0.3) is 0 Å². The summed E-state index contributed by atoms with van der Waals surface area (Å²) in [5.41, 5.74) is 3.59. The van der Waals surface area contributed by atoms with Crippen LogP contribution >= 0.6 is 28.1 Å². The highest BCUT2D eigenvalue weighted by atomic mass is 79.9. The molecule has 0 radical (unpaired) electrons. The first-order valence-electron chi connectivity index (χ1n) is 10.6. The van der Waals surface area contributed by atoms with Crippen molar-refractivity contribution in [3.8, 4) is 11.5 Å². The number of nitrogens with one attached hydrogen (secondary N) is 2. The van der Waals surface area contributed by atoms with E-state index in [1.165, 1.54) is 23.1 Å². The predicted octanol–water partition coefficient (Wildman–Crippen LogP) is 3.74. The Bertz CT molecular complexity index is 1290. The third-order valence-corrected chi connectivity index (χ3v) is 6.12. The van der Waals surface area contributed by atoms with Crippen molar-refractivity contribution in [2.24, 2.45) is 0 Å². The SMILES string of the molecule is COc1ccc(NC(=O)CC2C(=O)N(c3ccc(OC)cc3)C(=S)N2NC(=O)c2ccc(Br)o2)cc1. The maximum atomic E-state index is 13.5. The number of ether oxygens (including phenoxy) is 2. The van der Waals surface area contributed by atoms with Gasteiger partial charge < -0.3 is 19.2 Å². The minimum absolute atomic E-state index is 0.00135. The number of hydrogen-bond acceptors (Lipinski definition) is 7. The molecule has 1 fully saturated rings. The van der Waals surface area contributed by atoms with E-state index in [0.29, 0.717) is 27.5 Å². The van der Waals surface area contributed by atoms with Gasteiger partial charge in [0.2, 0.25) is 11.0 Å². The minimum Gasteiger partial charge on any atom is -0.497 e. The second-order valence-electron chi connectivity index (χ2n) is 7.57. The summed E-state index contributed by atoms with van der Waals surface area (Å²) >= 11 is 8.69. The largest absolute Gasteiger partial charge is 0.497 e. The van der Waals surface area contributed by atoms with Crippen LogP contribution in [0.4, 0.5) is 11.4 Å². The molecular formula is C24H21BrN4O6S. The molecule has 3 amide bonds. The van der Waals surface area contributed by atoms with Crippen molar-refractivity contribution < 1.29 is 28.3 Å². The van der Waals surface area contributed by atoms with Crippen LogP contribution in [0.15, 0.2) is 69.8 Å². The Labute approximate surface area is 220 Å². The van der Waals surface area contributed by atoms with Gasteiger partial charge in [-0.25, -0.2) is 5.01 Å². The van der Waals surface area contributed by atoms with Crippen molar-refractivity contribution in [3.63, 3.8) is 0 Å². The van der Waals surface area contributed by atoms with Gasteiger partial charge in [0.1, 0.15) is 17.5 Å².